The molecule has 2 amide bonds. The van der Waals surface area contributed by atoms with Crippen LogP contribution in [0.25, 0.3) is 11.1 Å². The minimum Gasteiger partial charge on any atom is -0.481 e. The lowest BCUT2D eigenvalue weighted by Gasteiger charge is -2.26. The maximum Gasteiger partial charge on any atom is 0.407 e. The number of fused-ring (bicyclic) bond motifs is 3. The Morgan fingerprint density at radius 1 is 0.971 bits per heavy atom. The SMILES string of the molecule is O=C(CSCCNC(=O)OCC1c2ccccc2-c2ccccc21)NCC1CCCC(C(=O)O)C1. The summed E-state index contributed by atoms with van der Waals surface area (Å²) in [5, 5.41) is 14.8. The van der Waals surface area contributed by atoms with Crippen LogP contribution in [0.1, 0.15) is 42.7 Å². The highest BCUT2D eigenvalue weighted by molar-refractivity contribution is 7.99. The van der Waals surface area contributed by atoms with E-state index in [1.54, 1.807) is 0 Å². The zero-order valence-corrected chi connectivity index (χ0v) is 20.5. The number of ether oxygens (including phenoxy) is 1. The lowest BCUT2D eigenvalue weighted by Crippen LogP contribution is -2.34. The average molecular weight is 497 g/mol. The molecule has 35 heavy (non-hydrogen) atoms. The van der Waals surface area contributed by atoms with E-state index >= 15 is 0 Å². The predicted molar refractivity (Wildman–Crippen MR) is 136 cm³/mol. The third-order valence-electron chi connectivity index (χ3n) is 6.81. The van der Waals surface area contributed by atoms with Crippen molar-refractivity contribution in [1.82, 2.24) is 10.6 Å². The van der Waals surface area contributed by atoms with E-state index in [1.165, 1.54) is 34.0 Å². The van der Waals surface area contributed by atoms with Crippen molar-refractivity contribution in [2.24, 2.45) is 11.8 Å². The number of aliphatic carboxylic acids is 1. The number of benzene rings is 2. The largest absolute Gasteiger partial charge is 0.481 e. The summed E-state index contributed by atoms with van der Waals surface area (Å²) in [4.78, 5) is 35.5. The van der Waals surface area contributed by atoms with Crippen LogP contribution in [0.15, 0.2) is 48.5 Å². The molecular weight excluding hydrogens is 464 g/mol. The van der Waals surface area contributed by atoms with Gasteiger partial charge in [0, 0.05) is 24.8 Å². The van der Waals surface area contributed by atoms with Gasteiger partial charge in [0.1, 0.15) is 6.61 Å². The first-order valence-electron chi connectivity index (χ1n) is 12.2. The zero-order valence-electron chi connectivity index (χ0n) is 19.7. The fourth-order valence-electron chi connectivity index (χ4n) is 5.05. The fourth-order valence-corrected chi connectivity index (χ4v) is 5.73. The van der Waals surface area contributed by atoms with Crippen molar-refractivity contribution in [3.05, 3.63) is 59.7 Å². The highest BCUT2D eigenvalue weighted by Gasteiger charge is 2.29. The van der Waals surface area contributed by atoms with E-state index in [4.69, 9.17) is 4.74 Å². The van der Waals surface area contributed by atoms with Crippen LogP contribution in [-0.2, 0) is 14.3 Å². The van der Waals surface area contributed by atoms with Gasteiger partial charge in [-0.05, 0) is 47.4 Å². The number of hydrogen-bond acceptors (Lipinski definition) is 5. The quantitative estimate of drug-likeness (QED) is 0.425. The number of hydrogen-bond donors (Lipinski definition) is 3. The molecular formula is C27H32N2O5S. The lowest BCUT2D eigenvalue weighted by molar-refractivity contribution is -0.143. The molecule has 2 unspecified atom stereocenters. The van der Waals surface area contributed by atoms with Gasteiger partial charge in [0.05, 0.1) is 11.7 Å². The number of carbonyl (C=O) groups is 3. The Labute approximate surface area is 210 Å². The first-order valence-corrected chi connectivity index (χ1v) is 13.3. The Kier molecular flexibility index (Phi) is 8.69. The minimum absolute atomic E-state index is 0.0289. The number of rotatable bonds is 10. The smallest absolute Gasteiger partial charge is 0.407 e. The molecule has 8 heteroatoms. The second-order valence-electron chi connectivity index (χ2n) is 9.18. The van der Waals surface area contributed by atoms with Crippen molar-refractivity contribution in [1.29, 1.82) is 0 Å². The van der Waals surface area contributed by atoms with Gasteiger partial charge in [-0.2, -0.15) is 11.8 Å². The second kappa shape index (κ2) is 12.1. The number of amides is 2. The first kappa shape index (κ1) is 25.1. The fraction of sp³-hybridized carbons (Fsp3) is 0.444. The van der Waals surface area contributed by atoms with E-state index < -0.39 is 12.1 Å². The monoisotopic (exact) mass is 496 g/mol. The molecule has 0 aliphatic heterocycles. The van der Waals surface area contributed by atoms with Crippen molar-refractivity contribution in [2.45, 2.75) is 31.6 Å². The number of alkyl carbamates (subject to hydrolysis) is 1. The van der Waals surface area contributed by atoms with Gasteiger partial charge in [0.25, 0.3) is 0 Å². The first-order chi connectivity index (χ1) is 17.0. The Morgan fingerprint density at radius 2 is 1.66 bits per heavy atom. The molecule has 4 rings (SSSR count). The summed E-state index contributed by atoms with van der Waals surface area (Å²) < 4.78 is 5.52. The van der Waals surface area contributed by atoms with Gasteiger partial charge >= 0.3 is 12.1 Å². The molecule has 0 radical (unpaired) electrons. The second-order valence-corrected chi connectivity index (χ2v) is 10.3. The van der Waals surface area contributed by atoms with Crippen molar-refractivity contribution in [3.63, 3.8) is 0 Å². The summed E-state index contributed by atoms with van der Waals surface area (Å²) in [6, 6.07) is 16.4. The summed E-state index contributed by atoms with van der Waals surface area (Å²) in [5.74, 6) is 0.0807. The highest BCUT2D eigenvalue weighted by atomic mass is 32.2. The third kappa shape index (κ3) is 6.57. The van der Waals surface area contributed by atoms with Crippen LogP contribution in [-0.4, -0.2) is 54.3 Å². The summed E-state index contributed by atoms with van der Waals surface area (Å²) in [7, 11) is 0. The molecule has 0 spiro atoms. The molecule has 7 nitrogen and oxygen atoms in total. The van der Waals surface area contributed by atoms with Crippen molar-refractivity contribution >= 4 is 29.7 Å². The summed E-state index contributed by atoms with van der Waals surface area (Å²) in [6.07, 6.45) is 2.76. The van der Waals surface area contributed by atoms with Gasteiger partial charge < -0.3 is 20.5 Å². The number of carbonyl (C=O) groups excluding carboxylic acids is 2. The van der Waals surface area contributed by atoms with Crippen LogP contribution in [0, 0.1) is 11.8 Å². The van der Waals surface area contributed by atoms with Crippen LogP contribution in [0.5, 0.6) is 0 Å². The molecule has 3 N–H and O–H groups in total. The molecule has 0 bridgehead atoms. The normalized spacial score (nSPS) is 18.9. The van der Waals surface area contributed by atoms with Gasteiger partial charge in [-0.1, -0.05) is 55.0 Å². The maximum atomic E-state index is 12.2. The molecule has 0 saturated heterocycles. The number of carboxylic acids is 1. The molecule has 2 atom stereocenters. The molecule has 1 fully saturated rings. The van der Waals surface area contributed by atoms with Gasteiger partial charge in [0.2, 0.25) is 5.91 Å². The van der Waals surface area contributed by atoms with Gasteiger partial charge in [-0.3, -0.25) is 9.59 Å². The number of carboxylic acid groups (broad SMARTS) is 1. The third-order valence-corrected chi connectivity index (χ3v) is 7.77. The molecule has 2 aromatic carbocycles. The van der Waals surface area contributed by atoms with Crippen molar-refractivity contribution < 1.29 is 24.2 Å². The van der Waals surface area contributed by atoms with Crippen LogP contribution < -0.4 is 10.6 Å². The van der Waals surface area contributed by atoms with Gasteiger partial charge in [-0.25, -0.2) is 4.79 Å². The predicted octanol–water partition coefficient (Wildman–Crippen LogP) is 4.27. The molecule has 2 aliphatic carbocycles. The van der Waals surface area contributed by atoms with Crippen molar-refractivity contribution in [2.75, 3.05) is 31.2 Å². The topological polar surface area (TPSA) is 105 Å². The molecule has 0 heterocycles. The Morgan fingerprint density at radius 3 is 2.34 bits per heavy atom. The van der Waals surface area contributed by atoms with Crippen LogP contribution in [0.4, 0.5) is 4.79 Å². The molecule has 1 saturated carbocycles. The van der Waals surface area contributed by atoms with Crippen LogP contribution >= 0.6 is 11.8 Å². The standard InChI is InChI=1S/C27H32N2O5S/c30-25(29-15-18-6-5-7-19(14-18)26(31)32)17-35-13-12-28-27(33)34-16-24-22-10-3-1-8-20(22)21-9-2-4-11-23(21)24/h1-4,8-11,18-19,24H,5-7,12-17H2,(H,28,33)(H,29,30)(H,31,32). The Bertz CT molecular complexity index is 1010. The number of nitrogens with one attached hydrogen (secondary N) is 2. The molecule has 186 valence electrons. The summed E-state index contributed by atoms with van der Waals surface area (Å²) >= 11 is 1.44. The van der Waals surface area contributed by atoms with Crippen molar-refractivity contribution in [3.8, 4) is 11.1 Å². The van der Waals surface area contributed by atoms with E-state index in [9.17, 15) is 19.5 Å². The molecule has 0 aromatic heterocycles. The minimum atomic E-state index is -0.736. The average Bonchev–Trinajstić information content (AvgIpc) is 3.20. The van der Waals surface area contributed by atoms with E-state index in [0.29, 0.717) is 31.0 Å². The maximum absolute atomic E-state index is 12.2. The van der Waals surface area contributed by atoms with Crippen LogP contribution in [0.3, 0.4) is 0 Å². The van der Waals surface area contributed by atoms with Gasteiger partial charge in [0.15, 0.2) is 0 Å². The van der Waals surface area contributed by atoms with E-state index in [-0.39, 0.29) is 30.3 Å². The number of thioether (sulfide) groups is 1. The highest BCUT2D eigenvalue weighted by Crippen LogP contribution is 2.44. The van der Waals surface area contributed by atoms with Crippen LogP contribution in [0.2, 0.25) is 0 Å². The molecule has 2 aromatic rings. The van der Waals surface area contributed by atoms with Gasteiger partial charge in [-0.15, -0.1) is 0 Å². The van der Waals surface area contributed by atoms with E-state index in [1.807, 2.05) is 24.3 Å². The van der Waals surface area contributed by atoms with E-state index in [2.05, 4.69) is 34.9 Å². The Balaban J connectivity index is 1.10. The zero-order chi connectivity index (χ0) is 24.6. The summed E-state index contributed by atoms with van der Waals surface area (Å²) in [6.45, 7) is 1.22. The summed E-state index contributed by atoms with van der Waals surface area (Å²) in [5.41, 5.74) is 4.73. The lowest BCUT2D eigenvalue weighted by atomic mass is 9.81. The Hall–Kier alpha value is -3.00. The molecule has 2 aliphatic rings. The van der Waals surface area contributed by atoms with E-state index in [0.717, 1.165) is 19.3 Å².